The largest absolute Gasteiger partial charge is 0.529 e. The Morgan fingerprint density at radius 3 is 2.62 bits per heavy atom. The molecule has 0 aliphatic heterocycles. The van der Waals surface area contributed by atoms with Gasteiger partial charge in [-0.2, -0.15) is 0 Å². The molecule has 0 saturated heterocycles. The second-order valence-corrected chi connectivity index (χ2v) is 11.8. The van der Waals surface area contributed by atoms with Crippen LogP contribution in [-0.2, 0) is 6.54 Å². The van der Waals surface area contributed by atoms with Gasteiger partial charge in [0.05, 0.1) is 5.39 Å². The molecule has 0 amide bonds. The average molecular weight is 305 g/mol. The van der Waals surface area contributed by atoms with Crippen LogP contribution in [0.4, 0.5) is 0 Å². The molecule has 0 fully saturated rings. The fraction of sp³-hybridized carbons (Fsp3) is 0.625. The maximum absolute atomic E-state index is 6.41. The molecular weight excluding hydrogens is 278 g/mol. The van der Waals surface area contributed by atoms with Gasteiger partial charge in [-0.3, -0.25) is 0 Å². The Hall–Kier alpha value is -1.36. The number of fused-ring (bicyclic) bond motifs is 1. The zero-order chi connectivity index (χ0) is 15.7. The molecule has 116 valence electrons. The zero-order valence-corrected chi connectivity index (χ0v) is 15.1. The van der Waals surface area contributed by atoms with Gasteiger partial charge in [0, 0.05) is 12.7 Å². The van der Waals surface area contributed by atoms with Crippen LogP contribution >= 0.6 is 0 Å². The quantitative estimate of drug-likeness (QED) is 0.757. The Kier molecular flexibility index (Phi) is 4.42. The number of nitrogens with zero attached hydrogens (tertiary/aromatic N) is 3. The van der Waals surface area contributed by atoms with Crippen molar-refractivity contribution >= 4 is 19.4 Å². The molecule has 0 atom stereocenters. The molecule has 2 heterocycles. The Morgan fingerprint density at radius 2 is 2.00 bits per heavy atom. The van der Waals surface area contributed by atoms with Gasteiger partial charge in [-0.1, -0.05) is 34.1 Å². The normalized spacial score (nSPS) is 12.9. The molecule has 4 nitrogen and oxygen atoms in total. The van der Waals surface area contributed by atoms with Crippen LogP contribution in [0.15, 0.2) is 18.3 Å². The summed E-state index contributed by atoms with van der Waals surface area (Å²) >= 11 is 0. The lowest BCUT2D eigenvalue weighted by Crippen LogP contribution is -2.44. The topological polar surface area (TPSA) is 39.9 Å². The number of pyridine rings is 1. The van der Waals surface area contributed by atoms with Gasteiger partial charge in [0.15, 0.2) is 5.65 Å². The number of hydrogen-bond acceptors (Lipinski definition) is 3. The summed E-state index contributed by atoms with van der Waals surface area (Å²) in [5.74, 6) is 0.751. The summed E-state index contributed by atoms with van der Waals surface area (Å²) in [5.41, 5.74) is 0.930. The molecule has 0 aliphatic carbocycles. The minimum absolute atomic E-state index is 0.161. The highest BCUT2D eigenvalue weighted by atomic mass is 28.4. The first kappa shape index (κ1) is 16.0. The maximum atomic E-state index is 6.41. The molecule has 2 rings (SSSR count). The van der Waals surface area contributed by atoms with E-state index in [0.717, 1.165) is 36.3 Å². The first-order valence-corrected chi connectivity index (χ1v) is 10.7. The fourth-order valence-corrected chi connectivity index (χ4v) is 2.85. The number of aromatic nitrogens is 3. The van der Waals surface area contributed by atoms with Crippen LogP contribution in [0.5, 0.6) is 5.88 Å². The van der Waals surface area contributed by atoms with Gasteiger partial charge >= 0.3 is 0 Å². The summed E-state index contributed by atoms with van der Waals surface area (Å²) in [7, 11) is -1.88. The minimum Gasteiger partial charge on any atom is -0.529 e. The first-order chi connectivity index (χ1) is 9.76. The predicted octanol–water partition coefficient (Wildman–Crippen LogP) is 4.62. The van der Waals surface area contributed by atoms with Crippen LogP contribution in [0.1, 0.15) is 40.5 Å². The lowest BCUT2D eigenvalue weighted by Gasteiger charge is -2.35. The van der Waals surface area contributed by atoms with Crippen molar-refractivity contribution in [1.29, 1.82) is 0 Å². The lowest BCUT2D eigenvalue weighted by molar-refractivity contribution is 0.462. The van der Waals surface area contributed by atoms with E-state index in [9.17, 15) is 0 Å². The van der Waals surface area contributed by atoms with E-state index in [-0.39, 0.29) is 5.04 Å². The molecule has 5 heteroatoms. The molecule has 21 heavy (non-hydrogen) atoms. The lowest BCUT2D eigenvalue weighted by atomic mass is 10.2. The maximum Gasteiger partial charge on any atom is 0.252 e. The molecule has 0 aliphatic rings. The second-order valence-electron chi connectivity index (χ2n) is 7.12. The minimum atomic E-state index is -1.88. The van der Waals surface area contributed by atoms with Crippen LogP contribution in [0.2, 0.25) is 18.1 Å². The highest BCUT2D eigenvalue weighted by Crippen LogP contribution is 2.38. The third kappa shape index (κ3) is 3.28. The Morgan fingerprint density at radius 1 is 1.29 bits per heavy atom. The molecule has 0 N–H and O–H groups in total. The van der Waals surface area contributed by atoms with E-state index in [1.807, 2.05) is 16.9 Å². The van der Waals surface area contributed by atoms with Crippen molar-refractivity contribution in [3.63, 3.8) is 0 Å². The summed E-state index contributed by atoms with van der Waals surface area (Å²) in [6.07, 6.45) is 4.07. The van der Waals surface area contributed by atoms with Gasteiger partial charge in [0.1, 0.15) is 0 Å². The molecule has 0 radical (unpaired) electrons. The highest BCUT2D eigenvalue weighted by Gasteiger charge is 2.40. The number of unbranched alkanes of at least 4 members (excludes halogenated alkanes) is 1. The van der Waals surface area contributed by atoms with Crippen molar-refractivity contribution in [3.05, 3.63) is 18.3 Å². The van der Waals surface area contributed by atoms with Gasteiger partial charge < -0.3 is 4.43 Å². The Bertz CT molecular complexity index is 613. The zero-order valence-electron chi connectivity index (χ0n) is 14.1. The average Bonchev–Trinajstić information content (AvgIpc) is 2.73. The summed E-state index contributed by atoms with van der Waals surface area (Å²) in [6.45, 7) is 14.3. The molecule has 0 bridgehead atoms. The van der Waals surface area contributed by atoms with E-state index in [4.69, 9.17) is 9.52 Å². The van der Waals surface area contributed by atoms with Crippen molar-refractivity contribution < 1.29 is 4.43 Å². The molecule has 0 aromatic carbocycles. The molecule has 0 saturated carbocycles. The summed E-state index contributed by atoms with van der Waals surface area (Å²) in [4.78, 5) is 4.48. The predicted molar refractivity (Wildman–Crippen MR) is 90.3 cm³/mol. The van der Waals surface area contributed by atoms with Gasteiger partial charge in [-0.05, 0) is 36.7 Å². The van der Waals surface area contributed by atoms with Crippen LogP contribution in [0.25, 0.3) is 11.0 Å². The van der Waals surface area contributed by atoms with Gasteiger partial charge in [0.25, 0.3) is 8.32 Å². The van der Waals surface area contributed by atoms with Crippen LogP contribution in [-0.4, -0.2) is 23.1 Å². The SMILES string of the molecule is CCCCn1nc(O[Si](C)(C)C(C)(C)C)c2cccnc21. The first-order valence-electron chi connectivity index (χ1n) is 7.77. The third-order valence-electron chi connectivity index (χ3n) is 4.35. The van der Waals surface area contributed by atoms with Crippen molar-refractivity contribution in [3.8, 4) is 5.88 Å². The van der Waals surface area contributed by atoms with Gasteiger partial charge in [-0.15, -0.1) is 5.10 Å². The molecule has 2 aromatic heterocycles. The summed E-state index contributed by atoms with van der Waals surface area (Å²) < 4.78 is 8.39. The van der Waals surface area contributed by atoms with Crippen molar-refractivity contribution in [1.82, 2.24) is 14.8 Å². The van der Waals surface area contributed by atoms with Crippen molar-refractivity contribution in [2.75, 3.05) is 0 Å². The molecule has 0 spiro atoms. The van der Waals surface area contributed by atoms with Crippen LogP contribution in [0, 0.1) is 0 Å². The third-order valence-corrected chi connectivity index (χ3v) is 8.67. The molecule has 0 unspecified atom stereocenters. The number of hydrogen-bond donors (Lipinski definition) is 0. The van der Waals surface area contributed by atoms with Crippen LogP contribution in [0.3, 0.4) is 0 Å². The second kappa shape index (κ2) is 5.79. The fourth-order valence-electron chi connectivity index (χ4n) is 1.91. The standard InChI is InChI=1S/C16H27N3OSi/c1-7-8-12-19-14-13(10-9-11-17-14)15(18-19)20-21(5,6)16(2,3)4/h9-11H,7-8,12H2,1-6H3. The van der Waals surface area contributed by atoms with E-state index in [2.05, 4.69) is 51.8 Å². The molecule has 2 aromatic rings. The van der Waals surface area contributed by atoms with E-state index < -0.39 is 8.32 Å². The van der Waals surface area contributed by atoms with E-state index in [1.54, 1.807) is 0 Å². The Balaban J connectivity index is 2.40. The summed E-state index contributed by atoms with van der Waals surface area (Å²) in [6, 6.07) is 4.01. The van der Waals surface area contributed by atoms with Crippen LogP contribution < -0.4 is 4.43 Å². The molecular formula is C16H27N3OSi. The van der Waals surface area contributed by atoms with E-state index in [0.29, 0.717) is 0 Å². The monoisotopic (exact) mass is 305 g/mol. The summed E-state index contributed by atoms with van der Waals surface area (Å²) in [5, 5.41) is 5.88. The van der Waals surface area contributed by atoms with E-state index >= 15 is 0 Å². The van der Waals surface area contributed by atoms with Gasteiger partial charge in [0.2, 0.25) is 5.88 Å². The highest BCUT2D eigenvalue weighted by molar-refractivity contribution is 6.74. The van der Waals surface area contributed by atoms with Crippen molar-refractivity contribution in [2.24, 2.45) is 0 Å². The Labute approximate surface area is 128 Å². The number of aryl methyl sites for hydroxylation is 1. The van der Waals surface area contributed by atoms with E-state index in [1.165, 1.54) is 0 Å². The van der Waals surface area contributed by atoms with Crippen molar-refractivity contribution in [2.45, 2.75) is 65.2 Å². The van der Waals surface area contributed by atoms with Gasteiger partial charge in [-0.25, -0.2) is 9.67 Å². The number of rotatable bonds is 5. The smallest absolute Gasteiger partial charge is 0.252 e.